The molecule has 4 nitrogen and oxygen atoms in total. The summed E-state index contributed by atoms with van der Waals surface area (Å²) >= 11 is 5.52. The Hall–Kier alpha value is -1.46. The molecule has 1 aliphatic carbocycles. The summed E-state index contributed by atoms with van der Waals surface area (Å²) in [6.07, 6.45) is 4.35. The Labute approximate surface area is 143 Å². The van der Waals surface area contributed by atoms with Crippen molar-refractivity contribution in [3.8, 4) is 0 Å². The Morgan fingerprint density at radius 1 is 1.22 bits per heavy atom. The first-order chi connectivity index (χ1) is 10.8. The van der Waals surface area contributed by atoms with Gasteiger partial charge in [0, 0.05) is 12.6 Å². The van der Waals surface area contributed by atoms with Gasteiger partial charge in [0.15, 0.2) is 4.77 Å². The average molecular weight is 331 g/mol. The van der Waals surface area contributed by atoms with Crippen molar-refractivity contribution in [3.05, 3.63) is 46.5 Å². The quantitative estimate of drug-likeness (QED) is 0.771. The van der Waals surface area contributed by atoms with Crippen LogP contribution in [0.1, 0.15) is 50.8 Å². The molecule has 0 radical (unpaired) electrons. The first-order valence-corrected chi connectivity index (χ1v) is 8.67. The number of aromatic nitrogens is 3. The fraction of sp³-hybridized carbons (Fsp3) is 0.556. The first kappa shape index (κ1) is 16.4. The lowest BCUT2D eigenvalue weighted by molar-refractivity contribution is 0.243. The molecule has 0 atom stereocenters. The number of nitrogens with zero attached hydrogens (tertiary/aromatic N) is 4. The molecule has 0 N–H and O–H groups in total. The topological polar surface area (TPSA) is 26.0 Å². The zero-order chi connectivity index (χ0) is 16.6. The Kier molecular flexibility index (Phi) is 4.43. The van der Waals surface area contributed by atoms with Gasteiger partial charge in [-0.15, -0.1) is 0 Å². The summed E-state index contributed by atoms with van der Waals surface area (Å²) in [5.41, 5.74) is 2.88. The smallest absolute Gasteiger partial charge is 0.199 e. The van der Waals surface area contributed by atoms with Gasteiger partial charge in [0.1, 0.15) is 6.33 Å². The third-order valence-electron chi connectivity index (χ3n) is 4.35. The Bertz CT molecular complexity index is 717. The van der Waals surface area contributed by atoms with Crippen molar-refractivity contribution in [1.29, 1.82) is 0 Å². The fourth-order valence-electron chi connectivity index (χ4n) is 2.75. The van der Waals surface area contributed by atoms with Crippen LogP contribution in [0.3, 0.4) is 0 Å². The van der Waals surface area contributed by atoms with Crippen molar-refractivity contribution in [2.24, 2.45) is 0 Å². The third kappa shape index (κ3) is 3.90. The van der Waals surface area contributed by atoms with Gasteiger partial charge in [-0.05, 0) is 48.6 Å². The summed E-state index contributed by atoms with van der Waals surface area (Å²) < 4.78 is 4.88. The predicted octanol–water partition coefficient (Wildman–Crippen LogP) is 4.14. The van der Waals surface area contributed by atoms with Gasteiger partial charge in [-0.3, -0.25) is 4.90 Å². The minimum atomic E-state index is 0.202. The summed E-state index contributed by atoms with van der Waals surface area (Å²) in [6, 6.07) is 9.50. The molecule has 1 fully saturated rings. The highest BCUT2D eigenvalue weighted by atomic mass is 32.1. The van der Waals surface area contributed by atoms with Gasteiger partial charge < -0.3 is 4.57 Å². The molecule has 124 valence electrons. The van der Waals surface area contributed by atoms with E-state index >= 15 is 0 Å². The molecule has 0 spiro atoms. The van der Waals surface area contributed by atoms with Gasteiger partial charge in [0.25, 0.3) is 0 Å². The molecule has 5 heteroatoms. The molecule has 2 aromatic rings. The van der Waals surface area contributed by atoms with Crippen LogP contribution in [0.5, 0.6) is 0 Å². The molecular formula is C18H26N4S. The van der Waals surface area contributed by atoms with E-state index in [1.54, 1.807) is 0 Å². The van der Waals surface area contributed by atoms with E-state index in [0.717, 1.165) is 18.0 Å². The van der Waals surface area contributed by atoms with Gasteiger partial charge in [-0.25, -0.2) is 4.68 Å². The van der Waals surface area contributed by atoms with E-state index in [2.05, 4.69) is 66.7 Å². The SMILES string of the molecule is CN(Cc1ccc(C(C)(C)C)cc1)Cn1ncn(C2CC2)c1=S. The number of hydrogen-bond acceptors (Lipinski definition) is 3. The molecule has 0 unspecified atom stereocenters. The summed E-state index contributed by atoms with van der Waals surface area (Å²) in [7, 11) is 2.11. The van der Waals surface area contributed by atoms with E-state index in [0.29, 0.717) is 6.04 Å². The third-order valence-corrected chi connectivity index (χ3v) is 4.77. The molecule has 0 amide bonds. The van der Waals surface area contributed by atoms with Crippen molar-refractivity contribution in [3.63, 3.8) is 0 Å². The molecule has 0 aliphatic heterocycles. The van der Waals surface area contributed by atoms with Crippen LogP contribution in [-0.4, -0.2) is 26.3 Å². The number of benzene rings is 1. The van der Waals surface area contributed by atoms with Gasteiger partial charge >= 0.3 is 0 Å². The summed E-state index contributed by atoms with van der Waals surface area (Å²) in [5, 5.41) is 4.44. The van der Waals surface area contributed by atoms with Crippen LogP contribution in [-0.2, 0) is 18.6 Å². The van der Waals surface area contributed by atoms with Gasteiger partial charge in [0.05, 0.1) is 6.67 Å². The van der Waals surface area contributed by atoms with Crippen molar-refractivity contribution in [2.75, 3.05) is 7.05 Å². The van der Waals surface area contributed by atoms with Crippen LogP contribution in [0.4, 0.5) is 0 Å². The Morgan fingerprint density at radius 3 is 2.43 bits per heavy atom. The van der Waals surface area contributed by atoms with Crippen molar-refractivity contribution in [1.82, 2.24) is 19.2 Å². The monoisotopic (exact) mass is 330 g/mol. The van der Waals surface area contributed by atoms with Crippen molar-refractivity contribution in [2.45, 2.75) is 58.3 Å². The lowest BCUT2D eigenvalue weighted by Gasteiger charge is -2.20. The van der Waals surface area contributed by atoms with E-state index in [-0.39, 0.29) is 5.41 Å². The standard InChI is InChI=1S/C18H26N4S/c1-18(2,3)15-7-5-14(6-8-15)11-20(4)13-22-17(23)21(12-19-22)16-9-10-16/h5-8,12,16H,9-11,13H2,1-4H3. The van der Waals surface area contributed by atoms with E-state index in [1.165, 1.54) is 24.0 Å². The van der Waals surface area contributed by atoms with E-state index in [4.69, 9.17) is 12.2 Å². The average Bonchev–Trinajstić information content (AvgIpc) is 3.25. The molecule has 23 heavy (non-hydrogen) atoms. The van der Waals surface area contributed by atoms with E-state index in [1.807, 2.05) is 11.0 Å². The van der Waals surface area contributed by atoms with Crippen LogP contribution in [0.15, 0.2) is 30.6 Å². The van der Waals surface area contributed by atoms with Crippen molar-refractivity contribution >= 4 is 12.2 Å². The molecule has 1 aromatic heterocycles. The van der Waals surface area contributed by atoms with Crippen LogP contribution in [0.25, 0.3) is 0 Å². The lowest BCUT2D eigenvalue weighted by atomic mass is 9.87. The van der Waals surface area contributed by atoms with Gasteiger partial charge in [-0.1, -0.05) is 45.0 Å². The summed E-state index contributed by atoms with van der Waals surface area (Å²) in [4.78, 5) is 2.24. The van der Waals surface area contributed by atoms with Gasteiger partial charge in [0.2, 0.25) is 0 Å². The molecular weight excluding hydrogens is 304 g/mol. The zero-order valence-electron chi connectivity index (χ0n) is 14.5. The van der Waals surface area contributed by atoms with Gasteiger partial charge in [-0.2, -0.15) is 5.10 Å². The van der Waals surface area contributed by atoms with E-state index in [9.17, 15) is 0 Å². The fourth-order valence-corrected chi connectivity index (χ4v) is 3.05. The van der Waals surface area contributed by atoms with Crippen LogP contribution in [0.2, 0.25) is 0 Å². The second-order valence-electron chi connectivity index (χ2n) is 7.65. The van der Waals surface area contributed by atoms with Crippen LogP contribution in [0, 0.1) is 4.77 Å². The molecule has 0 bridgehead atoms. The largest absolute Gasteiger partial charge is 0.303 e. The van der Waals surface area contributed by atoms with Crippen molar-refractivity contribution < 1.29 is 0 Å². The second kappa shape index (κ2) is 6.21. The molecule has 1 saturated carbocycles. The number of hydrogen-bond donors (Lipinski definition) is 0. The second-order valence-corrected chi connectivity index (χ2v) is 8.02. The highest BCUT2D eigenvalue weighted by molar-refractivity contribution is 7.71. The minimum Gasteiger partial charge on any atom is -0.303 e. The molecule has 3 rings (SSSR count). The maximum absolute atomic E-state index is 5.52. The highest BCUT2D eigenvalue weighted by Gasteiger charge is 2.25. The van der Waals surface area contributed by atoms with Crippen LogP contribution < -0.4 is 0 Å². The predicted molar refractivity (Wildman–Crippen MR) is 95.9 cm³/mol. The molecule has 1 aliphatic rings. The summed E-state index contributed by atoms with van der Waals surface area (Å²) in [5.74, 6) is 0. The minimum absolute atomic E-state index is 0.202. The van der Waals surface area contributed by atoms with Crippen LogP contribution >= 0.6 is 12.2 Å². The lowest BCUT2D eigenvalue weighted by Crippen LogP contribution is -2.22. The molecule has 0 saturated heterocycles. The molecule has 1 heterocycles. The maximum Gasteiger partial charge on any atom is 0.199 e. The maximum atomic E-state index is 5.52. The molecule has 1 aromatic carbocycles. The summed E-state index contributed by atoms with van der Waals surface area (Å²) in [6.45, 7) is 8.34. The normalized spacial score (nSPS) is 15.3. The Balaban J connectivity index is 1.63. The highest BCUT2D eigenvalue weighted by Crippen LogP contribution is 2.34. The Morgan fingerprint density at radius 2 is 1.87 bits per heavy atom. The van der Waals surface area contributed by atoms with E-state index < -0.39 is 0 Å². The zero-order valence-corrected chi connectivity index (χ0v) is 15.3. The first-order valence-electron chi connectivity index (χ1n) is 8.26. The number of rotatable bonds is 5.